The van der Waals surface area contributed by atoms with Crippen molar-refractivity contribution in [3.05, 3.63) is 17.9 Å². The van der Waals surface area contributed by atoms with E-state index in [0.717, 1.165) is 0 Å². The first-order chi connectivity index (χ1) is 8.17. The van der Waals surface area contributed by atoms with Crippen molar-refractivity contribution in [2.45, 2.75) is 6.42 Å². The largest absolute Gasteiger partial charge is 0.493 e. The van der Waals surface area contributed by atoms with E-state index >= 15 is 0 Å². The lowest BCUT2D eigenvalue weighted by Gasteiger charge is -2.06. The zero-order valence-electron chi connectivity index (χ0n) is 9.39. The molecule has 6 nitrogen and oxygen atoms in total. The topological polar surface area (TPSA) is 81.8 Å². The molecule has 0 aliphatic rings. The second-order valence-corrected chi connectivity index (χ2v) is 3.37. The lowest BCUT2D eigenvalue weighted by atomic mass is 10.1. The molecule has 17 heavy (non-hydrogen) atoms. The molecule has 0 spiro atoms. The molecule has 6 heteroatoms. The summed E-state index contributed by atoms with van der Waals surface area (Å²) in [6.45, 7) is 0. The van der Waals surface area contributed by atoms with Gasteiger partial charge in [0.05, 0.1) is 14.2 Å². The maximum absolute atomic E-state index is 10.6. The van der Waals surface area contributed by atoms with Crippen LogP contribution in [0.5, 0.6) is 11.5 Å². The van der Waals surface area contributed by atoms with Crippen LogP contribution < -0.4 is 9.47 Å². The Morgan fingerprint density at radius 2 is 2.18 bits per heavy atom. The smallest absolute Gasteiger partial charge is 0.311 e. The SMILES string of the molecule is COc1ccc2c(CC(=O)O)onc2c1OC. The molecule has 0 bridgehead atoms. The van der Waals surface area contributed by atoms with Crippen LogP contribution in [0.2, 0.25) is 0 Å². The average Bonchev–Trinajstić information content (AvgIpc) is 2.70. The summed E-state index contributed by atoms with van der Waals surface area (Å²) in [5.74, 6) is 0.284. The highest BCUT2D eigenvalue weighted by Crippen LogP contribution is 2.35. The van der Waals surface area contributed by atoms with Gasteiger partial charge in [-0.05, 0) is 12.1 Å². The number of hydrogen-bond acceptors (Lipinski definition) is 5. The molecule has 0 aliphatic heterocycles. The number of aromatic nitrogens is 1. The molecule has 1 aromatic carbocycles. The van der Waals surface area contributed by atoms with Gasteiger partial charge in [0.1, 0.15) is 6.42 Å². The fraction of sp³-hybridized carbons (Fsp3) is 0.273. The van der Waals surface area contributed by atoms with Crippen LogP contribution in [-0.2, 0) is 11.2 Å². The molecule has 0 fully saturated rings. The Morgan fingerprint density at radius 1 is 1.41 bits per heavy atom. The van der Waals surface area contributed by atoms with E-state index < -0.39 is 5.97 Å². The van der Waals surface area contributed by atoms with Crippen LogP contribution in [0.25, 0.3) is 10.9 Å². The van der Waals surface area contributed by atoms with E-state index in [1.807, 2.05) is 0 Å². The van der Waals surface area contributed by atoms with Gasteiger partial charge in [-0.25, -0.2) is 0 Å². The van der Waals surface area contributed by atoms with Gasteiger partial charge < -0.3 is 19.1 Å². The molecule has 0 amide bonds. The molecule has 2 rings (SSSR count). The second-order valence-electron chi connectivity index (χ2n) is 3.37. The number of ether oxygens (including phenoxy) is 2. The van der Waals surface area contributed by atoms with Gasteiger partial charge in [-0.3, -0.25) is 4.79 Å². The molecule has 0 unspecified atom stereocenters. The van der Waals surface area contributed by atoms with Crippen molar-refractivity contribution in [1.29, 1.82) is 0 Å². The van der Waals surface area contributed by atoms with Crippen molar-refractivity contribution in [3.8, 4) is 11.5 Å². The Labute approximate surface area is 96.7 Å². The average molecular weight is 237 g/mol. The van der Waals surface area contributed by atoms with Gasteiger partial charge in [0.25, 0.3) is 0 Å². The maximum Gasteiger partial charge on any atom is 0.311 e. The summed E-state index contributed by atoms with van der Waals surface area (Å²) < 4.78 is 15.3. The van der Waals surface area contributed by atoms with E-state index in [9.17, 15) is 4.79 Å². The Kier molecular flexibility index (Phi) is 2.86. The highest BCUT2D eigenvalue weighted by molar-refractivity contribution is 5.90. The van der Waals surface area contributed by atoms with E-state index in [1.165, 1.54) is 14.2 Å². The third-order valence-electron chi connectivity index (χ3n) is 2.38. The van der Waals surface area contributed by atoms with Gasteiger partial charge in [-0.1, -0.05) is 5.16 Å². The van der Waals surface area contributed by atoms with Crippen molar-refractivity contribution in [3.63, 3.8) is 0 Å². The van der Waals surface area contributed by atoms with Crippen molar-refractivity contribution in [2.75, 3.05) is 14.2 Å². The van der Waals surface area contributed by atoms with Crippen LogP contribution >= 0.6 is 0 Å². The van der Waals surface area contributed by atoms with Crippen LogP contribution in [0.3, 0.4) is 0 Å². The molecule has 1 N–H and O–H groups in total. The first kappa shape index (κ1) is 11.3. The summed E-state index contributed by atoms with van der Waals surface area (Å²) in [5.41, 5.74) is 0.461. The third-order valence-corrected chi connectivity index (χ3v) is 2.38. The van der Waals surface area contributed by atoms with E-state index in [-0.39, 0.29) is 6.42 Å². The monoisotopic (exact) mass is 237 g/mol. The van der Waals surface area contributed by atoms with Crippen molar-refractivity contribution >= 4 is 16.9 Å². The third kappa shape index (κ3) is 1.89. The summed E-state index contributed by atoms with van der Waals surface area (Å²) in [6, 6.07) is 3.38. The minimum atomic E-state index is -0.974. The molecular weight excluding hydrogens is 226 g/mol. The number of rotatable bonds is 4. The van der Waals surface area contributed by atoms with Gasteiger partial charge in [-0.15, -0.1) is 0 Å². The number of fused-ring (bicyclic) bond motifs is 1. The van der Waals surface area contributed by atoms with E-state index in [1.54, 1.807) is 12.1 Å². The highest BCUT2D eigenvalue weighted by Gasteiger charge is 2.18. The van der Waals surface area contributed by atoms with Gasteiger partial charge in [-0.2, -0.15) is 0 Å². The Balaban J connectivity index is 2.60. The van der Waals surface area contributed by atoms with Crippen molar-refractivity contribution in [2.24, 2.45) is 0 Å². The van der Waals surface area contributed by atoms with Crippen LogP contribution in [-0.4, -0.2) is 30.5 Å². The molecule has 0 saturated heterocycles. The summed E-state index contributed by atoms with van der Waals surface area (Å²) in [5, 5.41) is 13.2. The number of carboxylic acid groups (broad SMARTS) is 1. The van der Waals surface area contributed by atoms with Crippen LogP contribution in [0.4, 0.5) is 0 Å². The number of aliphatic carboxylic acids is 1. The number of benzene rings is 1. The predicted octanol–water partition coefficient (Wildman–Crippen LogP) is 1.47. The Hall–Kier alpha value is -2.24. The standard InChI is InChI=1S/C11H11NO5/c1-15-7-4-3-6-8(5-9(13)14)17-12-10(6)11(7)16-2/h3-4H,5H2,1-2H3,(H,13,14). The molecular formula is C11H11NO5. The van der Waals surface area contributed by atoms with Crippen molar-refractivity contribution < 1.29 is 23.9 Å². The number of carboxylic acids is 1. The van der Waals surface area contributed by atoms with Crippen LogP contribution in [0.1, 0.15) is 5.76 Å². The first-order valence-corrected chi connectivity index (χ1v) is 4.88. The summed E-state index contributed by atoms with van der Waals surface area (Å²) >= 11 is 0. The second kappa shape index (κ2) is 4.32. The lowest BCUT2D eigenvalue weighted by Crippen LogP contribution is -1.99. The highest BCUT2D eigenvalue weighted by atomic mass is 16.5. The summed E-state index contributed by atoms with van der Waals surface area (Å²) in [7, 11) is 3.00. The summed E-state index contributed by atoms with van der Waals surface area (Å²) in [4.78, 5) is 10.6. The summed E-state index contributed by atoms with van der Waals surface area (Å²) in [6.07, 6.45) is -0.216. The number of carbonyl (C=O) groups is 1. The van der Waals surface area contributed by atoms with E-state index in [4.69, 9.17) is 19.1 Å². The fourth-order valence-corrected chi connectivity index (χ4v) is 1.64. The van der Waals surface area contributed by atoms with Crippen LogP contribution in [0, 0.1) is 0 Å². The molecule has 0 aliphatic carbocycles. The van der Waals surface area contributed by atoms with Gasteiger partial charge in [0, 0.05) is 5.39 Å². The number of methoxy groups -OCH3 is 2. The predicted molar refractivity (Wildman–Crippen MR) is 58.5 cm³/mol. The number of hydrogen-bond donors (Lipinski definition) is 1. The Bertz CT molecular complexity index is 560. The maximum atomic E-state index is 10.6. The van der Waals surface area contributed by atoms with E-state index in [2.05, 4.69) is 5.16 Å². The molecule has 90 valence electrons. The normalized spacial score (nSPS) is 10.5. The fourth-order valence-electron chi connectivity index (χ4n) is 1.64. The van der Waals surface area contributed by atoms with Gasteiger partial charge in [0.15, 0.2) is 22.8 Å². The quantitative estimate of drug-likeness (QED) is 0.867. The minimum Gasteiger partial charge on any atom is -0.493 e. The molecule has 0 saturated carbocycles. The molecule has 2 aromatic rings. The first-order valence-electron chi connectivity index (χ1n) is 4.88. The van der Waals surface area contributed by atoms with E-state index in [0.29, 0.717) is 28.2 Å². The lowest BCUT2D eigenvalue weighted by molar-refractivity contribution is -0.136. The zero-order valence-corrected chi connectivity index (χ0v) is 9.39. The minimum absolute atomic E-state index is 0.216. The molecule has 0 atom stereocenters. The van der Waals surface area contributed by atoms with Crippen LogP contribution in [0.15, 0.2) is 16.7 Å². The van der Waals surface area contributed by atoms with Crippen molar-refractivity contribution in [1.82, 2.24) is 5.16 Å². The van der Waals surface area contributed by atoms with Gasteiger partial charge >= 0.3 is 5.97 Å². The molecule has 0 radical (unpaired) electrons. The van der Waals surface area contributed by atoms with Gasteiger partial charge in [0.2, 0.25) is 0 Å². The molecule has 1 heterocycles. The number of nitrogens with zero attached hydrogens (tertiary/aromatic N) is 1. The molecule has 1 aromatic heterocycles. The Morgan fingerprint density at radius 3 is 2.76 bits per heavy atom. The zero-order chi connectivity index (χ0) is 12.4.